The summed E-state index contributed by atoms with van der Waals surface area (Å²) in [6.45, 7) is 4.74. The van der Waals surface area contributed by atoms with Gasteiger partial charge in [0.2, 0.25) is 0 Å². The van der Waals surface area contributed by atoms with E-state index in [1.807, 2.05) is 0 Å². The van der Waals surface area contributed by atoms with E-state index < -0.39 is 0 Å². The molecule has 5 rings (SSSR count). The minimum atomic E-state index is 0.538. The van der Waals surface area contributed by atoms with Gasteiger partial charge in [-0.1, -0.05) is 60.1 Å². The molecule has 2 atom stereocenters. The van der Waals surface area contributed by atoms with Gasteiger partial charge in [0.15, 0.2) is 0 Å². The second kappa shape index (κ2) is 6.97. The first-order chi connectivity index (χ1) is 13.2. The van der Waals surface area contributed by atoms with Crippen LogP contribution in [0.2, 0.25) is 0 Å². The van der Waals surface area contributed by atoms with Gasteiger partial charge >= 0.3 is 0 Å². The fourth-order valence-electron chi connectivity index (χ4n) is 6.12. The lowest BCUT2D eigenvalue weighted by atomic mass is 9.81. The van der Waals surface area contributed by atoms with E-state index in [9.17, 15) is 0 Å². The van der Waals surface area contributed by atoms with Crippen molar-refractivity contribution in [3.8, 4) is 0 Å². The van der Waals surface area contributed by atoms with Gasteiger partial charge in [-0.3, -0.25) is 0 Å². The summed E-state index contributed by atoms with van der Waals surface area (Å²) in [6, 6.07) is 9.30. The number of benzene rings is 1. The van der Waals surface area contributed by atoms with Gasteiger partial charge in [0.25, 0.3) is 0 Å². The molecule has 2 unspecified atom stereocenters. The molecule has 0 N–H and O–H groups in total. The van der Waals surface area contributed by atoms with E-state index in [4.69, 9.17) is 0 Å². The largest absolute Gasteiger partial charge is 0.0738 e. The lowest BCUT2D eigenvalue weighted by molar-refractivity contribution is 0.642. The summed E-state index contributed by atoms with van der Waals surface area (Å²) in [4.78, 5) is 0. The van der Waals surface area contributed by atoms with Crippen LogP contribution in [0.4, 0.5) is 0 Å². The quantitative estimate of drug-likeness (QED) is 0.523. The zero-order valence-corrected chi connectivity index (χ0v) is 17.0. The highest BCUT2D eigenvalue weighted by atomic mass is 14.3. The van der Waals surface area contributed by atoms with Crippen molar-refractivity contribution in [3.05, 3.63) is 81.0 Å². The Balaban J connectivity index is 1.49. The number of hydrogen-bond acceptors (Lipinski definition) is 0. The Hall–Kier alpha value is -1.82. The van der Waals surface area contributed by atoms with Crippen molar-refractivity contribution in [1.82, 2.24) is 0 Å². The minimum absolute atomic E-state index is 0.538. The first kappa shape index (κ1) is 17.3. The zero-order valence-electron chi connectivity index (χ0n) is 17.0. The van der Waals surface area contributed by atoms with E-state index in [0.29, 0.717) is 11.8 Å². The van der Waals surface area contributed by atoms with Gasteiger partial charge in [0, 0.05) is 5.92 Å². The average Bonchev–Trinajstić information content (AvgIpc) is 3.20. The lowest BCUT2D eigenvalue weighted by Gasteiger charge is -2.23. The molecule has 0 amide bonds. The lowest BCUT2D eigenvalue weighted by Crippen LogP contribution is -2.07. The van der Waals surface area contributed by atoms with Crippen molar-refractivity contribution in [2.45, 2.75) is 77.6 Å². The molecule has 0 heteroatoms. The molecule has 140 valence electrons. The number of hydrogen-bond donors (Lipinski definition) is 0. The second-order valence-electron chi connectivity index (χ2n) is 9.11. The summed E-state index contributed by atoms with van der Waals surface area (Å²) in [6.07, 6.45) is 17.0. The topological polar surface area (TPSA) is 0 Å². The summed E-state index contributed by atoms with van der Waals surface area (Å²) in [7, 11) is 0. The Labute approximate surface area is 164 Å². The van der Waals surface area contributed by atoms with E-state index in [-0.39, 0.29) is 0 Å². The molecular weight excluding hydrogens is 324 g/mol. The maximum absolute atomic E-state index is 2.58. The molecule has 0 fully saturated rings. The third-order valence-corrected chi connectivity index (χ3v) is 7.45. The van der Waals surface area contributed by atoms with Crippen molar-refractivity contribution in [1.29, 1.82) is 0 Å². The van der Waals surface area contributed by atoms with Crippen molar-refractivity contribution in [3.63, 3.8) is 0 Å². The van der Waals surface area contributed by atoms with Crippen LogP contribution in [-0.2, 0) is 6.42 Å². The van der Waals surface area contributed by atoms with E-state index in [1.54, 1.807) is 44.6 Å². The summed E-state index contributed by atoms with van der Waals surface area (Å²) in [5.74, 6) is 1.21. The fourth-order valence-corrected chi connectivity index (χ4v) is 6.12. The molecule has 0 aliphatic heterocycles. The smallest absolute Gasteiger partial charge is 0.0242 e. The van der Waals surface area contributed by atoms with Crippen LogP contribution >= 0.6 is 0 Å². The van der Waals surface area contributed by atoms with Crippen LogP contribution in [0, 0.1) is 5.92 Å². The van der Waals surface area contributed by atoms with Gasteiger partial charge in [0.05, 0.1) is 0 Å². The van der Waals surface area contributed by atoms with Crippen molar-refractivity contribution < 1.29 is 0 Å². The summed E-state index contributed by atoms with van der Waals surface area (Å²) >= 11 is 0. The SMILES string of the molecule is CC1=CC(c2ccccc2CC2=CC(C)C3=C2CCCC3)C2=C1CCCC2. The average molecular weight is 357 g/mol. The molecule has 0 saturated carbocycles. The molecule has 0 heterocycles. The maximum Gasteiger partial charge on any atom is 0.0242 e. The van der Waals surface area contributed by atoms with E-state index >= 15 is 0 Å². The Morgan fingerprint density at radius 3 is 2.37 bits per heavy atom. The molecule has 4 aliphatic rings. The normalized spacial score (nSPS) is 27.5. The Bertz CT molecular complexity index is 886. The van der Waals surface area contributed by atoms with Gasteiger partial charge < -0.3 is 0 Å². The van der Waals surface area contributed by atoms with Crippen LogP contribution in [0.3, 0.4) is 0 Å². The van der Waals surface area contributed by atoms with Gasteiger partial charge in [-0.05, 0) is 98.5 Å². The van der Waals surface area contributed by atoms with Gasteiger partial charge in [-0.25, -0.2) is 0 Å². The zero-order chi connectivity index (χ0) is 18.4. The second-order valence-corrected chi connectivity index (χ2v) is 9.11. The standard InChI is InChI=1S/C27H32/c1-18-15-21(25-13-7-5-10-22(18)25)17-20-9-3-4-12-24(20)27-16-19(2)23-11-6-8-14-26(23)27/h3-4,9,12,15-16,18,27H,5-8,10-11,13-14,17H2,1-2H3. The summed E-state index contributed by atoms with van der Waals surface area (Å²) in [5.41, 5.74) is 13.2. The first-order valence-electron chi connectivity index (χ1n) is 11.1. The fraction of sp³-hybridized carbons (Fsp3) is 0.481. The third kappa shape index (κ3) is 2.98. The van der Waals surface area contributed by atoms with Crippen LogP contribution in [0.5, 0.6) is 0 Å². The van der Waals surface area contributed by atoms with Crippen molar-refractivity contribution in [2.75, 3.05) is 0 Å². The Kier molecular flexibility index (Phi) is 4.46. The first-order valence-corrected chi connectivity index (χ1v) is 11.1. The van der Waals surface area contributed by atoms with Crippen LogP contribution in [-0.4, -0.2) is 0 Å². The van der Waals surface area contributed by atoms with Crippen molar-refractivity contribution >= 4 is 0 Å². The van der Waals surface area contributed by atoms with Gasteiger partial charge in [0.1, 0.15) is 0 Å². The highest BCUT2D eigenvalue weighted by Gasteiger charge is 2.30. The molecular formula is C27H32. The molecule has 0 bridgehead atoms. The van der Waals surface area contributed by atoms with E-state index in [0.717, 1.165) is 6.42 Å². The van der Waals surface area contributed by atoms with Crippen LogP contribution in [0.15, 0.2) is 69.9 Å². The minimum Gasteiger partial charge on any atom is -0.0738 e. The molecule has 0 aromatic heterocycles. The number of allylic oxidation sites excluding steroid dienone is 8. The number of rotatable bonds is 3. The molecule has 1 aromatic carbocycles. The van der Waals surface area contributed by atoms with Crippen LogP contribution in [0.25, 0.3) is 0 Å². The van der Waals surface area contributed by atoms with Crippen LogP contribution < -0.4 is 0 Å². The van der Waals surface area contributed by atoms with E-state index in [1.165, 1.54) is 51.4 Å². The maximum atomic E-state index is 2.58. The van der Waals surface area contributed by atoms with Gasteiger partial charge in [-0.2, -0.15) is 0 Å². The Morgan fingerprint density at radius 1 is 0.815 bits per heavy atom. The van der Waals surface area contributed by atoms with Gasteiger partial charge in [-0.15, -0.1) is 0 Å². The molecule has 4 aliphatic carbocycles. The predicted octanol–water partition coefficient (Wildman–Crippen LogP) is 7.59. The molecule has 27 heavy (non-hydrogen) atoms. The predicted molar refractivity (Wildman–Crippen MR) is 115 cm³/mol. The van der Waals surface area contributed by atoms with E-state index in [2.05, 4.69) is 50.3 Å². The highest BCUT2D eigenvalue weighted by molar-refractivity contribution is 5.55. The Morgan fingerprint density at radius 2 is 1.52 bits per heavy atom. The van der Waals surface area contributed by atoms with Crippen LogP contribution in [0.1, 0.15) is 82.3 Å². The molecule has 0 radical (unpaired) electrons. The third-order valence-electron chi connectivity index (χ3n) is 7.45. The summed E-state index contributed by atoms with van der Waals surface area (Å²) in [5, 5.41) is 0. The molecule has 0 saturated heterocycles. The van der Waals surface area contributed by atoms with Crippen molar-refractivity contribution in [2.24, 2.45) is 5.92 Å². The highest BCUT2D eigenvalue weighted by Crippen LogP contribution is 2.47. The molecule has 1 aromatic rings. The molecule has 0 spiro atoms. The molecule has 0 nitrogen and oxygen atoms in total. The summed E-state index contributed by atoms with van der Waals surface area (Å²) < 4.78 is 0. The monoisotopic (exact) mass is 356 g/mol.